The SMILES string of the molecule is CC(C)(C)c1ccc(OCC(=O)N2CCCNCC2)cc1.Cl. The predicted molar refractivity (Wildman–Crippen MR) is 92.0 cm³/mol. The standard InChI is InChI=1S/C17H26N2O2.ClH/c1-17(2,3)14-5-7-15(8-6-14)21-13-16(20)19-11-4-9-18-10-12-19;/h5-8,18H,4,9-13H2,1-3H3;1H. The third kappa shape index (κ3) is 5.50. The Labute approximate surface area is 139 Å². The van der Waals surface area contributed by atoms with E-state index < -0.39 is 0 Å². The molecule has 1 heterocycles. The van der Waals surface area contributed by atoms with Gasteiger partial charge in [-0.2, -0.15) is 0 Å². The second-order valence-electron chi connectivity index (χ2n) is 6.55. The summed E-state index contributed by atoms with van der Waals surface area (Å²) < 4.78 is 5.62. The normalized spacial score (nSPS) is 15.7. The van der Waals surface area contributed by atoms with Gasteiger partial charge >= 0.3 is 0 Å². The van der Waals surface area contributed by atoms with Gasteiger partial charge in [0.25, 0.3) is 5.91 Å². The fraction of sp³-hybridized carbons (Fsp3) is 0.588. The molecule has 0 atom stereocenters. The van der Waals surface area contributed by atoms with Crippen LogP contribution in [-0.2, 0) is 10.2 Å². The highest BCUT2D eigenvalue weighted by Gasteiger charge is 2.16. The van der Waals surface area contributed by atoms with Crippen molar-refractivity contribution in [2.75, 3.05) is 32.8 Å². The monoisotopic (exact) mass is 326 g/mol. The zero-order valence-corrected chi connectivity index (χ0v) is 14.5. The number of rotatable bonds is 3. The molecule has 0 spiro atoms. The molecule has 4 nitrogen and oxygen atoms in total. The average Bonchev–Trinajstić information content (AvgIpc) is 2.73. The number of ether oxygens (including phenoxy) is 1. The quantitative estimate of drug-likeness (QED) is 0.928. The minimum Gasteiger partial charge on any atom is -0.484 e. The summed E-state index contributed by atoms with van der Waals surface area (Å²) in [6.45, 7) is 10.1. The van der Waals surface area contributed by atoms with E-state index in [1.807, 2.05) is 17.0 Å². The lowest BCUT2D eigenvalue weighted by Crippen LogP contribution is -2.37. The first-order valence-electron chi connectivity index (χ1n) is 7.69. The van der Waals surface area contributed by atoms with Crippen molar-refractivity contribution in [3.8, 4) is 5.75 Å². The molecule has 0 aliphatic carbocycles. The third-order valence-corrected chi connectivity index (χ3v) is 3.78. The zero-order valence-electron chi connectivity index (χ0n) is 13.7. The van der Waals surface area contributed by atoms with Crippen LogP contribution in [0.5, 0.6) is 5.75 Å². The highest BCUT2D eigenvalue weighted by atomic mass is 35.5. The van der Waals surface area contributed by atoms with Gasteiger partial charge in [0.1, 0.15) is 5.75 Å². The molecule has 2 rings (SSSR count). The van der Waals surface area contributed by atoms with Crippen LogP contribution in [0, 0.1) is 0 Å². The highest BCUT2D eigenvalue weighted by Crippen LogP contribution is 2.24. The maximum absolute atomic E-state index is 12.1. The summed E-state index contributed by atoms with van der Waals surface area (Å²) in [6, 6.07) is 8.01. The molecule has 0 unspecified atom stereocenters. The van der Waals surface area contributed by atoms with E-state index in [9.17, 15) is 4.79 Å². The Morgan fingerprint density at radius 1 is 1.18 bits per heavy atom. The maximum Gasteiger partial charge on any atom is 0.260 e. The average molecular weight is 327 g/mol. The van der Waals surface area contributed by atoms with Crippen molar-refractivity contribution < 1.29 is 9.53 Å². The summed E-state index contributed by atoms with van der Waals surface area (Å²) in [5, 5.41) is 3.29. The van der Waals surface area contributed by atoms with Gasteiger partial charge in [-0.15, -0.1) is 12.4 Å². The predicted octanol–water partition coefficient (Wildman–Crippen LogP) is 2.61. The van der Waals surface area contributed by atoms with Gasteiger partial charge in [-0.3, -0.25) is 4.79 Å². The van der Waals surface area contributed by atoms with Gasteiger partial charge in [0.15, 0.2) is 6.61 Å². The van der Waals surface area contributed by atoms with E-state index in [0.29, 0.717) is 0 Å². The number of halogens is 1. The van der Waals surface area contributed by atoms with E-state index >= 15 is 0 Å². The molecule has 1 aromatic carbocycles. The summed E-state index contributed by atoms with van der Waals surface area (Å²) >= 11 is 0. The van der Waals surface area contributed by atoms with Gasteiger partial charge in [-0.1, -0.05) is 32.9 Å². The molecule has 22 heavy (non-hydrogen) atoms. The van der Waals surface area contributed by atoms with Crippen LogP contribution in [0.3, 0.4) is 0 Å². The molecule has 124 valence electrons. The highest BCUT2D eigenvalue weighted by molar-refractivity contribution is 5.85. The summed E-state index contributed by atoms with van der Waals surface area (Å²) in [6.07, 6.45) is 1.01. The molecular weight excluding hydrogens is 300 g/mol. The zero-order chi connectivity index (χ0) is 15.3. The fourth-order valence-corrected chi connectivity index (χ4v) is 2.38. The van der Waals surface area contributed by atoms with Gasteiger partial charge in [0, 0.05) is 19.6 Å². The Bertz CT molecular complexity index is 461. The third-order valence-electron chi connectivity index (χ3n) is 3.78. The number of amides is 1. The van der Waals surface area contributed by atoms with Gasteiger partial charge < -0.3 is 15.0 Å². The fourth-order valence-electron chi connectivity index (χ4n) is 2.38. The topological polar surface area (TPSA) is 41.6 Å². The van der Waals surface area contributed by atoms with Crippen molar-refractivity contribution in [2.24, 2.45) is 0 Å². The molecule has 1 fully saturated rings. The minimum atomic E-state index is 0. The first-order valence-corrected chi connectivity index (χ1v) is 7.69. The van der Waals surface area contributed by atoms with Gasteiger partial charge in [-0.05, 0) is 36.1 Å². The van der Waals surface area contributed by atoms with Crippen molar-refractivity contribution in [1.29, 1.82) is 0 Å². The van der Waals surface area contributed by atoms with Gasteiger partial charge in [0.05, 0.1) is 0 Å². The first kappa shape index (κ1) is 18.8. The van der Waals surface area contributed by atoms with Crippen LogP contribution in [0.15, 0.2) is 24.3 Å². The van der Waals surface area contributed by atoms with Crippen molar-refractivity contribution in [3.63, 3.8) is 0 Å². The van der Waals surface area contributed by atoms with Crippen molar-refractivity contribution in [1.82, 2.24) is 10.2 Å². The van der Waals surface area contributed by atoms with Gasteiger partial charge in [0.2, 0.25) is 0 Å². The van der Waals surface area contributed by atoms with Gasteiger partial charge in [-0.25, -0.2) is 0 Å². The van der Waals surface area contributed by atoms with Crippen LogP contribution in [-0.4, -0.2) is 43.6 Å². The van der Waals surface area contributed by atoms with Crippen LogP contribution < -0.4 is 10.1 Å². The lowest BCUT2D eigenvalue weighted by molar-refractivity contribution is -0.133. The second-order valence-corrected chi connectivity index (χ2v) is 6.55. The van der Waals surface area contributed by atoms with Crippen molar-refractivity contribution in [2.45, 2.75) is 32.6 Å². The molecule has 0 saturated carbocycles. The number of hydrogen-bond acceptors (Lipinski definition) is 3. The maximum atomic E-state index is 12.1. The minimum absolute atomic E-state index is 0. The lowest BCUT2D eigenvalue weighted by atomic mass is 9.87. The second kappa shape index (κ2) is 8.39. The van der Waals surface area contributed by atoms with Crippen LogP contribution >= 0.6 is 12.4 Å². The molecule has 0 bridgehead atoms. The molecule has 0 aromatic heterocycles. The Morgan fingerprint density at radius 2 is 1.86 bits per heavy atom. The number of benzene rings is 1. The summed E-state index contributed by atoms with van der Waals surface area (Å²) in [5.74, 6) is 0.822. The van der Waals surface area contributed by atoms with E-state index in [1.165, 1.54) is 5.56 Å². The number of nitrogens with zero attached hydrogens (tertiary/aromatic N) is 1. The number of carbonyl (C=O) groups is 1. The van der Waals surface area contributed by atoms with E-state index in [4.69, 9.17) is 4.74 Å². The van der Waals surface area contributed by atoms with Crippen LogP contribution in [0.1, 0.15) is 32.8 Å². The Balaban J connectivity index is 0.00000242. The lowest BCUT2D eigenvalue weighted by Gasteiger charge is -2.21. The van der Waals surface area contributed by atoms with E-state index in [-0.39, 0.29) is 30.3 Å². The summed E-state index contributed by atoms with van der Waals surface area (Å²) in [7, 11) is 0. The Morgan fingerprint density at radius 3 is 2.50 bits per heavy atom. The molecule has 1 amide bonds. The van der Waals surface area contributed by atoms with Crippen molar-refractivity contribution in [3.05, 3.63) is 29.8 Å². The van der Waals surface area contributed by atoms with E-state index in [0.717, 1.165) is 38.3 Å². The molecule has 0 radical (unpaired) electrons. The Kier molecular flexibility index (Phi) is 7.17. The number of hydrogen-bond donors (Lipinski definition) is 1. The van der Waals surface area contributed by atoms with Crippen LogP contribution in [0.4, 0.5) is 0 Å². The molecule has 1 aromatic rings. The summed E-state index contributed by atoms with van der Waals surface area (Å²) in [5.41, 5.74) is 1.40. The van der Waals surface area contributed by atoms with Crippen molar-refractivity contribution >= 4 is 18.3 Å². The first-order chi connectivity index (χ1) is 9.97. The number of carbonyl (C=O) groups excluding carboxylic acids is 1. The number of nitrogens with one attached hydrogen (secondary N) is 1. The van der Waals surface area contributed by atoms with E-state index in [2.05, 4.69) is 38.2 Å². The molecule has 1 saturated heterocycles. The molecular formula is C17H27ClN2O2. The summed E-state index contributed by atoms with van der Waals surface area (Å²) in [4.78, 5) is 14.0. The molecule has 5 heteroatoms. The van der Waals surface area contributed by atoms with E-state index in [1.54, 1.807) is 0 Å². The molecule has 1 aliphatic rings. The molecule has 1 aliphatic heterocycles. The molecule has 1 N–H and O–H groups in total. The smallest absolute Gasteiger partial charge is 0.260 e. The van der Waals surface area contributed by atoms with Crippen LogP contribution in [0.2, 0.25) is 0 Å². The Hall–Kier alpha value is -1.26. The largest absolute Gasteiger partial charge is 0.484 e. The van der Waals surface area contributed by atoms with Crippen LogP contribution in [0.25, 0.3) is 0 Å².